The summed E-state index contributed by atoms with van der Waals surface area (Å²) in [5, 5.41) is 8.76. The Kier molecular flexibility index (Phi) is 7.24. The average molecular weight is 381 g/mol. The molecule has 0 aliphatic carbocycles. The minimum Gasteiger partial charge on any atom is -0.473 e. The summed E-state index contributed by atoms with van der Waals surface area (Å²) in [6.07, 6.45) is 2.76. The molecule has 0 saturated carbocycles. The van der Waals surface area contributed by atoms with Crippen molar-refractivity contribution in [2.24, 2.45) is 4.99 Å². The standard InChI is InChI=1S/C21H24N4OS/c1-22-21(24-12-10-19-8-5-13-27-19)25-15-18-9-11-23-20(14-18)26-16-17-6-3-2-4-7-17/h2-9,11,13-14H,10,12,15-16H2,1H3,(H2,22,24,25). The van der Waals surface area contributed by atoms with Crippen LogP contribution in [0, 0.1) is 0 Å². The molecule has 6 heteroatoms. The number of nitrogens with one attached hydrogen (secondary N) is 2. The van der Waals surface area contributed by atoms with E-state index in [1.807, 2.05) is 42.5 Å². The molecule has 0 amide bonds. The van der Waals surface area contributed by atoms with Crippen molar-refractivity contribution in [3.63, 3.8) is 0 Å². The van der Waals surface area contributed by atoms with Gasteiger partial charge in [-0.3, -0.25) is 4.99 Å². The van der Waals surface area contributed by atoms with E-state index in [0.717, 1.165) is 30.1 Å². The van der Waals surface area contributed by atoms with Crippen LogP contribution in [0.15, 0.2) is 71.2 Å². The lowest BCUT2D eigenvalue weighted by atomic mass is 10.2. The van der Waals surface area contributed by atoms with Gasteiger partial charge in [0.05, 0.1) is 0 Å². The number of aromatic nitrogens is 1. The molecule has 0 spiro atoms. The minimum absolute atomic E-state index is 0.511. The van der Waals surface area contributed by atoms with Crippen LogP contribution in [0.25, 0.3) is 0 Å². The summed E-state index contributed by atoms with van der Waals surface area (Å²) < 4.78 is 5.79. The molecule has 140 valence electrons. The average Bonchev–Trinajstić information content (AvgIpc) is 3.23. The Morgan fingerprint density at radius 1 is 1.07 bits per heavy atom. The van der Waals surface area contributed by atoms with Gasteiger partial charge in [0, 0.05) is 37.3 Å². The van der Waals surface area contributed by atoms with Gasteiger partial charge in [0.25, 0.3) is 0 Å². The molecule has 2 heterocycles. The van der Waals surface area contributed by atoms with Crippen LogP contribution in [0.4, 0.5) is 0 Å². The number of hydrogen-bond donors (Lipinski definition) is 2. The monoisotopic (exact) mass is 380 g/mol. The first-order chi connectivity index (χ1) is 13.3. The second kappa shape index (κ2) is 10.3. The Balaban J connectivity index is 1.45. The van der Waals surface area contributed by atoms with Crippen LogP contribution in [0.5, 0.6) is 5.88 Å². The van der Waals surface area contributed by atoms with Crippen LogP contribution in [0.1, 0.15) is 16.0 Å². The maximum absolute atomic E-state index is 5.79. The lowest BCUT2D eigenvalue weighted by molar-refractivity contribution is 0.293. The Morgan fingerprint density at radius 2 is 1.96 bits per heavy atom. The number of aliphatic imine (C=N–C) groups is 1. The van der Waals surface area contributed by atoms with Gasteiger partial charge in [-0.1, -0.05) is 36.4 Å². The summed E-state index contributed by atoms with van der Waals surface area (Å²) in [6.45, 7) is 2.02. The van der Waals surface area contributed by atoms with E-state index in [0.29, 0.717) is 19.0 Å². The summed E-state index contributed by atoms with van der Waals surface area (Å²) in [7, 11) is 1.78. The lowest BCUT2D eigenvalue weighted by Gasteiger charge is -2.12. The molecule has 2 aromatic heterocycles. The third kappa shape index (κ3) is 6.42. The number of ether oxygens (including phenoxy) is 1. The molecule has 0 fully saturated rings. The normalized spacial score (nSPS) is 11.2. The largest absolute Gasteiger partial charge is 0.473 e. The molecule has 0 saturated heterocycles. The van der Waals surface area contributed by atoms with Crippen molar-refractivity contribution in [1.82, 2.24) is 15.6 Å². The first kappa shape index (κ1) is 18.9. The van der Waals surface area contributed by atoms with Gasteiger partial charge in [0.2, 0.25) is 5.88 Å². The molecule has 3 rings (SSSR count). The molecular formula is C21H24N4OS. The van der Waals surface area contributed by atoms with E-state index in [1.165, 1.54) is 4.88 Å². The summed E-state index contributed by atoms with van der Waals surface area (Å²) >= 11 is 1.78. The lowest BCUT2D eigenvalue weighted by Crippen LogP contribution is -2.37. The molecule has 3 aromatic rings. The fourth-order valence-corrected chi connectivity index (χ4v) is 3.25. The molecule has 27 heavy (non-hydrogen) atoms. The van der Waals surface area contributed by atoms with Gasteiger partial charge >= 0.3 is 0 Å². The van der Waals surface area contributed by atoms with Gasteiger partial charge < -0.3 is 15.4 Å². The molecule has 2 N–H and O–H groups in total. The van der Waals surface area contributed by atoms with E-state index in [4.69, 9.17) is 4.74 Å². The Labute approximate surface area is 164 Å². The van der Waals surface area contributed by atoms with Crippen molar-refractivity contribution in [1.29, 1.82) is 0 Å². The second-order valence-corrected chi connectivity index (χ2v) is 6.99. The topological polar surface area (TPSA) is 58.5 Å². The second-order valence-electron chi connectivity index (χ2n) is 5.96. The van der Waals surface area contributed by atoms with E-state index >= 15 is 0 Å². The maximum atomic E-state index is 5.79. The zero-order valence-electron chi connectivity index (χ0n) is 15.4. The number of hydrogen-bond acceptors (Lipinski definition) is 4. The third-order valence-corrected chi connectivity index (χ3v) is 4.89. The first-order valence-corrected chi connectivity index (χ1v) is 9.80. The molecule has 0 unspecified atom stereocenters. The number of guanidine groups is 1. The predicted octanol–water partition coefficient (Wildman–Crippen LogP) is 3.63. The van der Waals surface area contributed by atoms with E-state index in [-0.39, 0.29) is 0 Å². The zero-order chi connectivity index (χ0) is 18.7. The van der Waals surface area contributed by atoms with Crippen LogP contribution in [0.2, 0.25) is 0 Å². The predicted molar refractivity (Wildman–Crippen MR) is 111 cm³/mol. The van der Waals surface area contributed by atoms with Gasteiger partial charge in [0.1, 0.15) is 6.61 Å². The highest BCUT2D eigenvalue weighted by atomic mass is 32.1. The van der Waals surface area contributed by atoms with Crippen molar-refractivity contribution in [2.45, 2.75) is 19.6 Å². The molecule has 1 aromatic carbocycles. The fourth-order valence-electron chi connectivity index (χ4n) is 2.54. The molecule has 0 radical (unpaired) electrons. The number of benzene rings is 1. The smallest absolute Gasteiger partial charge is 0.213 e. The first-order valence-electron chi connectivity index (χ1n) is 8.92. The summed E-state index contributed by atoms with van der Waals surface area (Å²) in [5.74, 6) is 1.41. The van der Waals surface area contributed by atoms with E-state index in [9.17, 15) is 0 Å². The number of thiophene rings is 1. The van der Waals surface area contributed by atoms with Crippen LogP contribution < -0.4 is 15.4 Å². The summed E-state index contributed by atoms with van der Waals surface area (Å²) in [4.78, 5) is 9.92. The number of pyridine rings is 1. The molecule has 0 bridgehead atoms. The Bertz CT molecular complexity index is 834. The number of rotatable bonds is 8. The molecule has 0 aliphatic heterocycles. The van der Waals surface area contributed by atoms with Gasteiger partial charge in [-0.05, 0) is 35.1 Å². The van der Waals surface area contributed by atoms with Crippen molar-refractivity contribution in [3.8, 4) is 5.88 Å². The minimum atomic E-state index is 0.511. The Hall–Kier alpha value is -2.86. The van der Waals surface area contributed by atoms with Crippen molar-refractivity contribution < 1.29 is 4.74 Å². The quantitative estimate of drug-likeness (QED) is 0.463. The maximum Gasteiger partial charge on any atom is 0.213 e. The van der Waals surface area contributed by atoms with Crippen molar-refractivity contribution in [3.05, 3.63) is 82.2 Å². The fraction of sp³-hybridized carbons (Fsp3) is 0.238. The van der Waals surface area contributed by atoms with Crippen molar-refractivity contribution in [2.75, 3.05) is 13.6 Å². The van der Waals surface area contributed by atoms with Gasteiger partial charge in [-0.2, -0.15) is 0 Å². The third-order valence-electron chi connectivity index (χ3n) is 3.96. The summed E-state index contributed by atoms with van der Waals surface area (Å²) in [5.41, 5.74) is 2.22. The van der Waals surface area contributed by atoms with Gasteiger partial charge in [-0.15, -0.1) is 11.3 Å². The van der Waals surface area contributed by atoms with E-state index in [2.05, 4.69) is 38.1 Å². The molecular weight excluding hydrogens is 356 g/mol. The highest BCUT2D eigenvalue weighted by molar-refractivity contribution is 7.09. The van der Waals surface area contributed by atoms with E-state index < -0.39 is 0 Å². The Morgan fingerprint density at radius 3 is 2.74 bits per heavy atom. The van der Waals surface area contributed by atoms with Crippen LogP contribution >= 0.6 is 11.3 Å². The zero-order valence-corrected chi connectivity index (χ0v) is 16.2. The van der Waals surface area contributed by atoms with Gasteiger partial charge in [-0.25, -0.2) is 4.98 Å². The van der Waals surface area contributed by atoms with Crippen LogP contribution in [-0.2, 0) is 19.6 Å². The molecule has 0 aliphatic rings. The van der Waals surface area contributed by atoms with Crippen LogP contribution in [0.3, 0.4) is 0 Å². The SMILES string of the molecule is CN=C(NCCc1cccs1)NCc1ccnc(OCc2ccccc2)c1. The summed E-state index contributed by atoms with van der Waals surface area (Å²) in [6, 6.07) is 18.2. The highest BCUT2D eigenvalue weighted by Crippen LogP contribution is 2.12. The van der Waals surface area contributed by atoms with Gasteiger partial charge in [0.15, 0.2) is 5.96 Å². The molecule has 5 nitrogen and oxygen atoms in total. The van der Waals surface area contributed by atoms with E-state index in [1.54, 1.807) is 24.6 Å². The molecule has 0 atom stereocenters. The number of nitrogens with zero attached hydrogens (tertiary/aromatic N) is 2. The van der Waals surface area contributed by atoms with Crippen LogP contribution in [-0.4, -0.2) is 24.5 Å². The van der Waals surface area contributed by atoms with Crippen molar-refractivity contribution >= 4 is 17.3 Å². The highest BCUT2D eigenvalue weighted by Gasteiger charge is 2.02.